The van der Waals surface area contributed by atoms with Crippen LogP contribution in [-0.4, -0.2) is 45.9 Å². The zero-order valence-electron chi connectivity index (χ0n) is 8.76. The van der Waals surface area contributed by atoms with Gasteiger partial charge in [-0.1, -0.05) is 6.92 Å². The van der Waals surface area contributed by atoms with Gasteiger partial charge >= 0.3 is 0 Å². The maximum absolute atomic E-state index is 11.4. The lowest BCUT2D eigenvalue weighted by molar-refractivity contribution is 0.278. The number of nitrogens with two attached hydrogens (primary N) is 1. The summed E-state index contributed by atoms with van der Waals surface area (Å²) in [5, 5.41) is -0.584. The highest BCUT2D eigenvalue weighted by Crippen LogP contribution is 2.10. The van der Waals surface area contributed by atoms with Crippen molar-refractivity contribution in [2.24, 2.45) is 5.73 Å². The lowest BCUT2D eigenvalue weighted by Gasteiger charge is -2.21. The summed E-state index contributed by atoms with van der Waals surface area (Å²) in [6.45, 7) is 2.06. The number of rotatable bonds is 6. The summed E-state index contributed by atoms with van der Waals surface area (Å²) in [5.74, 6) is 0. The summed E-state index contributed by atoms with van der Waals surface area (Å²) < 4.78 is 27.6. The van der Waals surface area contributed by atoms with E-state index in [0.29, 0.717) is 6.42 Å². The summed E-state index contributed by atoms with van der Waals surface area (Å²) in [4.78, 5) is 1.62. The van der Waals surface area contributed by atoms with Gasteiger partial charge in [0, 0.05) is 6.54 Å². The summed E-state index contributed by atoms with van der Waals surface area (Å²) in [6.07, 6.45) is 0.500. The van der Waals surface area contributed by atoms with Gasteiger partial charge in [-0.2, -0.15) is 8.42 Å². The molecule has 7 heteroatoms. The van der Waals surface area contributed by atoms with Gasteiger partial charge in [0.2, 0.25) is 0 Å². The second kappa shape index (κ2) is 7.42. The van der Waals surface area contributed by atoms with Crippen LogP contribution in [0.25, 0.3) is 0 Å². The van der Waals surface area contributed by atoms with Crippen LogP contribution in [0.2, 0.25) is 0 Å². The highest BCUT2D eigenvalue weighted by Gasteiger charge is 2.26. The Labute approximate surface area is 92.1 Å². The van der Waals surface area contributed by atoms with E-state index >= 15 is 0 Å². The number of hydrogen-bond acceptors (Lipinski definition) is 5. The quantitative estimate of drug-likeness (QED) is 0.669. The first-order valence-corrected chi connectivity index (χ1v) is 5.67. The molecular weight excluding hydrogens is 228 g/mol. The number of hydrogen-bond donors (Lipinski definition) is 1. The van der Waals surface area contributed by atoms with Crippen LogP contribution in [0.5, 0.6) is 0 Å². The minimum Gasteiger partial charge on any atom is -0.328 e. The highest BCUT2D eigenvalue weighted by atomic mass is 35.5. The first-order chi connectivity index (χ1) is 5.95. The summed E-state index contributed by atoms with van der Waals surface area (Å²) >= 11 is 0. The van der Waals surface area contributed by atoms with Gasteiger partial charge in [0.25, 0.3) is 10.1 Å². The fourth-order valence-corrected chi connectivity index (χ4v) is 2.48. The average Bonchev–Trinajstić information content (AvgIpc) is 2.01. The van der Waals surface area contributed by atoms with Crippen LogP contribution in [0.1, 0.15) is 13.3 Å². The first kappa shape index (κ1) is 16.5. The molecule has 0 rings (SSSR count). The SMILES string of the molecule is CCC(N(C)C)S(=O)(=O)OCCN.Cl. The Kier molecular flexibility index (Phi) is 8.77. The molecule has 1 unspecified atom stereocenters. The van der Waals surface area contributed by atoms with E-state index in [4.69, 9.17) is 9.92 Å². The van der Waals surface area contributed by atoms with Crippen LogP contribution in [0.4, 0.5) is 0 Å². The predicted molar refractivity (Wildman–Crippen MR) is 58.9 cm³/mol. The second-order valence-corrected chi connectivity index (χ2v) is 4.70. The van der Waals surface area contributed by atoms with Crippen LogP contribution in [0.15, 0.2) is 0 Å². The lowest BCUT2D eigenvalue weighted by Crippen LogP contribution is -2.37. The fraction of sp³-hybridized carbons (Fsp3) is 1.00. The topological polar surface area (TPSA) is 72.6 Å². The summed E-state index contributed by atoms with van der Waals surface area (Å²) in [5.41, 5.74) is 5.15. The molecule has 14 heavy (non-hydrogen) atoms. The van der Waals surface area contributed by atoms with Gasteiger partial charge in [0.05, 0.1) is 6.61 Å². The summed E-state index contributed by atoms with van der Waals surface area (Å²) in [6, 6.07) is 0. The van der Waals surface area contributed by atoms with E-state index in [1.54, 1.807) is 25.9 Å². The molecule has 0 aromatic heterocycles. The largest absolute Gasteiger partial charge is 0.328 e. The van der Waals surface area contributed by atoms with Gasteiger partial charge in [-0.05, 0) is 20.5 Å². The van der Waals surface area contributed by atoms with Crippen LogP contribution in [0, 0.1) is 0 Å². The molecule has 0 saturated carbocycles. The van der Waals surface area contributed by atoms with Gasteiger partial charge in [-0.25, -0.2) is 0 Å². The zero-order chi connectivity index (χ0) is 10.5. The fourth-order valence-electron chi connectivity index (χ4n) is 1.07. The molecule has 2 N–H and O–H groups in total. The smallest absolute Gasteiger partial charge is 0.283 e. The van der Waals surface area contributed by atoms with Crippen molar-refractivity contribution in [1.29, 1.82) is 0 Å². The van der Waals surface area contributed by atoms with Gasteiger partial charge in [-0.15, -0.1) is 12.4 Å². The highest BCUT2D eigenvalue weighted by molar-refractivity contribution is 7.87. The minimum atomic E-state index is -3.49. The molecule has 0 heterocycles. The Morgan fingerprint density at radius 2 is 1.93 bits per heavy atom. The predicted octanol–water partition coefficient (Wildman–Crippen LogP) is 0.0110. The van der Waals surface area contributed by atoms with Crippen LogP contribution >= 0.6 is 12.4 Å². The van der Waals surface area contributed by atoms with Gasteiger partial charge < -0.3 is 5.73 Å². The molecule has 1 atom stereocenters. The van der Waals surface area contributed by atoms with Crippen LogP contribution in [0.3, 0.4) is 0 Å². The maximum atomic E-state index is 11.4. The first-order valence-electron chi connectivity index (χ1n) is 4.20. The lowest BCUT2D eigenvalue weighted by atomic mass is 10.4. The normalized spacial score (nSPS) is 13.8. The molecule has 0 saturated heterocycles. The van der Waals surface area contributed by atoms with Crippen molar-refractivity contribution in [2.75, 3.05) is 27.2 Å². The summed E-state index contributed by atoms with van der Waals surface area (Å²) in [7, 11) is -0.0762. The van der Waals surface area contributed by atoms with E-state index in [-0.39, 0.29) is 25.6 Å². The standard InChI is InChI=1S/C7H18N2O3S.ClH/c1-4-7(9(2)3)13(10,11)12-6-5-8;/h7H,4-6,8H2,1-3H3;1H. The number of nitrogens with zero attached hydrogens (tertiary/aromatic N) is 1. The van der Waals surface area contributed by atoms with Crippen molar-refractivity contribution < 1.29 is 12.6 Å². The van der Waals surface area contributed by atoms with Crippen molar-refractivity contribution in [1.82, 2.24) is 4.90 Å². The minimum absolute atomic E-state index is 0. The third-order valence-corrected chi connectivity index (χ3v) is 3.54. The number of halogens is 1. The van der Waals surface area contributed by atoms with Crippen molar-refractivity contribution >= 4 is 22.5 Å². The molecule has 0 aromatic rings. The zero-order valence-corrected chi connectivity index (χ0v) is 10.4. The Hall–Kier alpha value is 0.120. The molecule has 0 aliphatic heterocycles. The van der Waals surface area contributed by atoms with E-state index in [0.717, 1.165) is 0 Å². The molecule has 5 nitrogen and oxygen atoms in total. The molecule has 0 amide bonds. The molecular formula is C7H19ClN2O3S. The second-order valence-electron chi connectivity index (χ2n) is 2.93. The van der Waals surface area contributed by atoms with Crippen molar-refractivity contribution in [2.45, 2.75) is 18.7 Å². The van der Waals surface area contributed by atoms with Crippen molar-refractivity contribution in [3.05, 3.63) is 0 Å². The van der Waals surface area contributed by atoms with E-state index < -0.39 is 15.5 Å². The maximum Gasteiger partial charge on any atom is 0.283 e. The van der Waals surface area contributed by atoms with E-state index in [1.165, 1.54) is 0 Å². The molecule has 0 fully saturated rings. The van der Waals surface area contributed by atoms with Crippen molar-refractivity contribution in [3.63, 3.8) is 0 Å². The van der Waals surface area contributed by atoms with Gasteiger partial charge in [0.15, 0.2) is 0 Å². The molecule has 0 bridgehead atoms. The molecule has 0 aliphatic rings. The van der Waals surface area contributed by atoms with Gasteiger partial charge in [-0.3, -0.25) is 9.08 Å². The van der Waals surface area contributed by atoms with Crippen molar-refractivity contribution in [3.8, 4) is 0 Å². The molecule has 0 radical (unpaired) electrons. The molecule has 0 spiro atoms. The van der Waals surface area contributed by atoms with Gasteiger partial charge in [0.1, 0.15) is 5.37 Å². The van der Waals surface area contributed by atoms with E-state index in [2.05, 4.69) is 0 Å². The van der Waals surface area contributed by atoms with Crippen LogP contribution in [-0.2, 0) is 14.3 Å². The van der Waals surface area contributed by atoms with Crippen LogP contribution < -0.4 is 5.73 Å². The average molecular weight is 247 g/mol. The Morgan fingerprint density at radius 3 is 2.21 bits per heavy atom. The van der Waals surface area contributed by atoms with E-state index in [9.17, 15) is 8.42 Å². The Balaban J connectivity index is 0. The Bertz CT molecular complexity index is 231. The Morgan fingerprint density at radius 1 is 1.43 bits per heavy atom. The third kappa shape index (κ3) is 5.11. The molecule has 0 aromatic carbocycles. The molecule has 0 aliphatic carbocycles. The third-order valence-electron chi connectivity index (χ3n) is 1.62. The molecule has 88 valence electrons. The van der Waals surface area contributed by atoms with E-state index in [1.807, 2.05) is 0 Å². The monoisotopic (exact) mass is 246 g/mol.